The Labute approximate surface area is 145 Å². The number of hydrogen-bond acceptors (Lipinski definition) is 2. The average Bonchev–Trinajstić information content (AvgIpc) is 2.98. The summed E-state index contributed by atoms with van der Waals surface area (Å²) in [5.74, 6) is 0.151. The minimum absolute atomic E-state index is 0.0603. The summed E-state index contributed by atoms with van der Waals surface area (Å²) in [6, 6.07) is 21.1. The molecule has 0 fully saturated rings. The monoisotopic (exact) mass is 336 g/mol. The van der Waals surface area contributed by atoms with Crippen LogP contribution in [0.5, 0.6) is 0 Å². The third-order valence-corrected chi connectivity index (χ3v) is 9.71. The fourth-order valence-electron chi connectivity index (χ4n) is 3.55. The van der Waals surface area contributed by atoms with Crippen molar-refractivity contribution < 1.29 is 9.22 Å². The SMILES string of the molecule is CC(C)(C)[Si](OC1C=CC(=O)C1)(c1ccccc1)c1ccccc1. The van der Waals surface area contributed by atoms with Crippen molar-refractivity contribution in [3.05, 3.63) is 72.8 Å². The first-order valence-electron chi connectivity index (χ1n) is 8.43. The van der Waals surface area contributed by atoms with Gasteiger partial charge in [-0.1, -0.05) is 87.5 Å². The molecule has 0 spiro atoms. The minimum atomic E-state index is -2.55. The van der Waals surface area contributed by atoms with Crippen molar-refractivity contribution >= 4 is 24.5 Å². The lowest BCUT2D eigenvalue weighted by atomic mass is 10.2. The Balaban J connectivity index is 2.17. The molecule has 0 N–H and O–H groups in total. The molecule has 2 nitrogen and oxygen atoms in total. The lowest BCUT2D eigenvalue weighted by Gasteiger charge is -2.44. The molecule has 3 heteroatoms. The van der Waals surface area contributed by atoms with Gasteiger partial charge in [-0.05, 0) is 21.5 Å². The molecule has 1 unspecified atom stereocenters. The largest absolute Gasteiger partial charge is 0.401 e. The van der Waals surface area contributed by atoms with E-state index in [4.69, 9.17) is 4.43 Å². The van der Waals surface area contributed by atoms with Gasteiger partial charge >= 0.3 is 0 Å². The maximum atomic E-state index is 11.7. The van der Waals surface area contributed by atoms with Gasteiger partial charge in [0, 0.05) is 6.42 Å². The quantitative estimate of drug-likeness (QED) is 0.799. The van der Waals surface area contributed by atoms with E-state index in [0.717, 1.165) is 0 Å². The first-order chi connectivity index (χ1) is 11.4. The van der Waals surface area contributed by atoms with Crippen molar-refractivity contribution in [2.24, 2.45) is 0 Å². The Kier molecular flexibility index (Phi) is 4.57. The predicted molar refractivity (Wildman–Crippen MR) is 101 cm³/mol. The molecule has 0 aliphatic heterocycles. The van der Waals surface area contributed by atoms with Crippen LogP contribution in [0.25, 0.3) is 0 Å². The van der Waals surface area contributed by atoms with E-state index in [2.05, 4.69) is 69.3 Å². The standard InChI is InChI=1S/C21H24O2Si/c1-21(2,3)24(19-10-6-4-7-11-19,20-12-8-5-9-13-20)23-18-15-14-17(22)16-18/h4-15,18H,16H2,1-3H3. The molecule has 0 radical (unpaired) electrons. The van der Waals surface area contributed by atoms with Gasteiger partial charge in [0.2, 0.25) is 0 Å². The summed E-state index contributed by atoms with van der Waals surface area (Å²) in [7, 11) is -2.55. The molecule has 0 amide bonds. The Morgan fingerprint density at radius 2 is 1.42 bits per heavy atom. The molecule has 24 heavy (non-hydrogen) atoms. The van der Waals surface area contributed by atoms with Crippen LogP contribution < -0.4 is 10.4 Å². The van der Waals surface area contributed by atoms with Gasteiger partial charge in [-0.3, -0.25) is 4.79 Å². The third kappa shape index (κ3) is 3.02. The van der Waals surface area contributed by atoms with E-state index < -0.39 is 8.32 Å². The summed E-state index contributed by atoms with van der Waals surface area (Å²) in [5, 5.41) is 2.43. The van der Waals surface area contributed by atoms with E-state index in [-0.39, 0.29) is 16.9 Å². The number of benzene rings is 2. The zero-order valence-electron chi connectivity index (χ0n) is 14.5. The topological polar surface area (TPSA) is 26.3 Å². The van der Waals surface area contributed by atoms with Gasteiger partial charge < -0.3 is 4.43 Å². The zero-order valence-corrected chi connectivity index (χ0v) is 15.5. The number of carbonyl (C=O) groups excluding carboxylic acids is 1. The zero-order chi connectivity index (χ0) is 17.2. The molecule has 0 saturated heterocycles. The first-order valence-corrected chi connectivity index (χ1v) is 10.3. The van der Waals surface area contributed by atoms with Crippen molar-refractivity contribution in [3.8, 4) is 0 Å². The molecule has 1 aliphatic carbocycles. The summed E-state index contributed by atoms with van der Waals surface area (Å²) in [5.41, 5.74) is 0. The molecular weight excluding hydrogens is 312 g/mol. The van der Waals surface area contributed by atoms with Gasteiger partial charge in [0.25, 0.3) is 8.32 Å². The van der Waals surface area contributed by atoms with Gasteiger partial charge in [-0.25, -0.2) is 0 Å². The lowest BCUT2D eigenvalue weighted by molar-refractivity contribution is -0.114. The fraction of sp³-hybridized carbons (Fsp3) is 0.286. The smallest absolute Gasteiger partial charge is 0.261 e. The number of allylic oxidation sites excluding steroid dienone is 1. The summed E-state index contributed by atoms with van der Waals surface area (Å²) in [6.07, 6.45) is 3.89. The molecule has 124 valence electrons. The Morgan fingerprint density at radius 1 is 0.917 bits per heavy atom. The second kappa shape index (κ2) is 6.50. The molecule has 0 bridgehead atoms. The van der Waals surface area contributed by atoms with Crippen molar-refractivity contribution in [2.75, 3.05) is 0 Å². The van der Waals surface area contributed by atoms with E-state index in [1.165, 1.54) is 10.4 Å². The normalized spacial score (nSPS) is 18.1. The summed E-state index contributed by atoms with van der Waals surface area (Å²) in [4.78, 5) is 11.7. The van der Waals surface area contributed by atoms with Gasteiger partial charge in [0.1, 0.15) is 0 Å². The van der Waals surface area contributed by atoms with Gasteiger partial charge in [0.05, 0.1) is 6.10 Å². The third-order valence-electron chi connectivity index (χ3n) is 4.64. The minimum Gasteiger partial charge on any atom is -0.401 e. The van der Waals surface area contributed by atoms with Gasteiger partial charge in [-0.2, -0.15) is 0 Å². The van der Waals surface area contributed by atoms with Crippen molar-refractivity contribution in [2.45, 2.75) is 38.3 Å². The van der Waals surface area contributed by atoms with Crippen LogP contribution in [0.15, 0.2) is 72.8 Å². The highest BCUT2D eigenvalue weighted by Gasteiger charge is 2.51. The highest BCUT2D eigenvalue weighted by Crippen LogP contribution is 2.38. The van der Waals surface area contributed by atoms with E-state index >= 15 is 0 Å². The number of rotatable bonds is 4. The van der Waals surface area contributed by atoms with Gasteiger partial charge in [-0.15, -0.1) is 0 Å². The van der Waals surface area contributed by atoms with Crippen molar-refractivity contribution in [1.82, 2.24) is 0 Å². The second-order valence-electron chi connectivity index (χ2n) is 7.35. The lowest BCUT2D eigenvalue weighted by Crippen LogP contribution is -2.67. The Morgan fingerprint density at radius 3 is 1.79 bits per heavy atom. The number of hydrogen-bond donors (Lipinski definition) is 0. The van der Waals surface area contributed by atoms with Crippen molar-refractivity contribution in [3.63, 3.8) is 0 Å². The molecule has 0 heterocycles. The highest BCUT2D eigenvalue weighted by molar-refractivity contribution is 6.99. The second-order valence-corrected chi connectivity index (χ2v) is 11.6. The van der Waals surface area contributed by atoms with E-state index in [1.807, 2.05) is 18.2 Å². The molecule has 1 aliphatic rings. The molecule has 2 aromatic rings. The molecular formula is C21H24O2Si. The summed E-state index contributed by atoms with van der Waals surface area (Å²) in [6.45, 7) is 6.75. The number of ketones is 1. The van der Waals surface area contributed by atoms with Crippen LogP contribution in [0.4, 0.5) is 0 Å². The van der Waals surface area contributed by atoms with Crippen LogP contribution in [0.1, 0.15) is 27.2 Å². The first kappa shape index (κ1) is 16.9. The van der Waals surface area contributed by atoms with Gasteiger partial charge in [0.15, 0.2) is 5.78 Å². The van der Waals surface area contributed by atoms with E-state index in [0.29, 0.717) is 6.42 Å². The van der Waals surface area contributed by atoms with Crippen LogP contribution in [0.2, 0.25) is 5.04 Å². The Bertz CT molecular complexity index is 690. The molecule has 2 aromatic carbocycles. The maximum Gasteiger partial charge on any atom is 0.261 e. The number of carbonyl (C=O) groups is 1. The van der Waals surface area contributed by atoms with Crippen molar-refractivity contribution in [1.29, 1.82) is 0 Å². The highest BCUT2D eigenvalue weighted by atomic mass is 28.4. The fourth-order valence-corrected chi connectivity index (χ4v) is 8.18. The summed E-state index contributed by atoms with van der Waals surface area (Å²) < 4.78 is 6.84. The van der Waals surface area contributed by atoms with Crippen LogP contribution in [-0.4, -0.2) is 20.2 Å². The molecule has 0 saturated carbocycles. The van der Waals surface area contributed by atoms with E-state index in [9.17, 15) is 4.79 Å². The van der Waals surface area contributed by atoms with Crippen LogP contribution in [0.3, 0.4) is 0 Å². The van der Waals surface area contributed by atoms with E-state index in [1.54, 1.807) is 6.08 Å². The van der Waals surface area contributed by atoms with Crippen LogP contribution in [-0.2, 0) is 9.22 Å². The molecule has 0 aromatic heterocycles. The predicted octanol–water partition coefficient (Wildman–Crippen LogP) is 3.46. The summed E-state index contributed by atoms with van der Waals surface area (Å²) >= 11 is 0. The maximum absolute atomic E-state index is 11.7. The van der Waals surface area contributed by atoms with Crippen LogP contribution in [0, 0.1) is 0 Å². The Hall–Kier alpha value is -1.97. The average molecular weight is 337 g/mol. The molecule has 3 rings (SSSR count). The molecule has 1 atom stereocenters. The van der Waals surface area contributed by atoms with Crippen LogP contribution >= 0.6 is 0 Å².